The molecule has 3 rings (SSSR count). The summed E-state index contributed by atoms with van der Waals surface area (Å²) in [5.41, 5.74) is 1.93. The average Bonchev–Trinajstić information content (AvgIpc) is 2.54. The van der Waals surface area contributed by atoms with Gasteiger partial charge in [0, 0.05) is 5.92 Å². The predicted molar refractivity (Wildman–Crippen MR) is 82.1 cm³/mol. The molecule has 0 amide bonds. The van der Waals surface area contributed by atoms with E-state index in [2.05, 4.69) is 0 Å². The van der Waals surface area contributed by atoms with Gasteiger partial charge in [0.15, 0.2) is 0 Å². The number of aliphatic hydroxyl groups excluding tert-OH is 1. The Kier molecular flexibility index (Phi) is 4.04. The molecular weight excluding hydrogens is 288 g/mol. The molecule has 1 heterocycles. The molecule has 0 radical (unpaired) electrons. The van der Waals surface area contributed by atoms with E-state index in [1.165, 1.54) is 0 Å². The monoisotopic (exact) mass is 304 g/mol. The van der Waals surface area contributed by atoms with Crippen molar-refractivity contribution < 1.29 is 14.6 Å². The van der Waals surface area contributed by atoms with Gasteiger partial charge in [-0.3, -0.25) is 0 Å². The molecule has 0 spiro atoms. The second-order valence-electron chi connectivity index (χ2n) is 5.22. The summed E-state index contributed by atoms with van der Waals surface area (Å²) in [7, 11) is 1.57. The zero-order valence-electron chi connectivity index (χ0n) is 11.8. The zero-order chi connectivity index (χ0) is 14.8. The van der Waals surface area contributed by atoms with E-state index in [0.29, 0.717) is 17.4 Å². The lowest BCUT2D eigenvalue weighted by Crippen LogP contribution is -2.26. The SMILES string of the molecule is COc1cc(C(O)C2COc3ccccc3C2)ccc1Cl. The number of aliphatic hydroxyl groups is 1. The Morgan fingerprint density at radius 3 is 2.90 bits per heavy atom. The highest BCUT2D eigenvalue weighted by atomic mass is 35.5. The van der Waals surface area contributed by atoms with Crippen LogP contribution in [0.3, 0.4) is 0 Å². The predicted octanol–water partition coefficient (Wildman–Crippen LogP) is 3.63. The van der Waals surface area contributed by atoms with Gasteiger partial charge in [0.05, 0.1) is 24.8 Å². The number of methoxy groups -OCH3 is 1. The molecule has 2 atom stereocenters. The first kappa shape index (κ1) is 14.2. The summed E-state index contributed by atoms with van der Waals surface area (Å²) in [5, 5.41) is 11.1. The Bertz CT molecular complexity index is 642. The van der Waals surface area contributed by atoms with Crippen molar-refractivity contribution in [1.82, 2.24) is 0 Å². The minimum absolute atomic E-state index is 0.0192. The molecule has 0 saturated heterocycles. The molecular formula is C17H17ClO3. The number of rotatable bonds is 3. The van der Waals surface area contributed by atoms with Crippen LogP contribution in [0.4, 0.5) is 0 Å². The molecule has 1 N–H and O–H groups in total. The van der Waals surface area contributed by atoms with Crippen molar-refractivity contribution in [3.63, 3.8) is 0 Å². The number of hydrogen-bond acceptors (Lipinski definition) is 3. The maximum Gasteiger partial charge on any atom is 0.137 e. The van der Waals surface area contributed by atoms with Gasteiger partial charge in [-0.15, -0.1) is 0 Å². The largest absolute Gasteiger partial charge is 0.495 e. The van der Waals surface area contributed by atoms with Crippen LogP contribution in [0.15, 0.2) is 42.5 Å². The van der Waals surface area contributed by atoms with E-state index in [0.717, 1.165) is 23.3 Å². The van der Waals surface area contributed by atoms with Crippen molar-refractivity contribution in [2.45, 2.75) is 12.5 Å². The fourth-order valence-electron chi connectivity index (χ4n) is 2.69. The number of hydrogen-bond donors (Lipinski definition) is 1. The van der Waals surface area contributed by atoms with Gasteiger partial charge in [0.2, 0.25) is 0 Å². The topological polar surface area (TPSA) is 38.7 Å². The number of fused-ring (bicyclic) bond motifs is 1. The van der Waals surface area contributed by atoms with Crippen LogP contribution in [0.2, 0.25) is 5.02 Å². The fourth-order valence-corrected chi connectivity index (χ4v) is 2.88. The van der Waals surface area contributed by atoms with Gasteiger partial charge < -0.3 is 14.6 Å². The first-order valence-electron chi connectivity index (χ1n) is 6.91. The van der Waals surface area contributed by atoms with Crippen LogP contribution in [0.25, 0.3) is 0 Å². The summed E-state index contributed by atoms with van der Waals surface area (Å²) in [6.07, 6.45) is 0.187. The van der Waals surface area contributed by atoms with Gasteiger partial charge in [-0.05, 0) is 35.7 Å². The van der Waals surface area contributed by atoms with E-state index in [9.17, 15) is 5.11 Å². The van der Waals surface area contributed by atoms with Crippen LogP contribution in [-0.2, 0) is 6.42 Å². The van der Waals surface area contributed by atoms with E-state index in [-0.39, 0.29) is 5.92 Å². The molecule has 21 heavy (non-hydrogen) atoms. The van der Waals surface area contributed by atoms with Crippen molar-refractivity contribution in [3.8, 4) is 11.5 Å². The van der Waals surface area contributed by atoms with Crippen LogP contribution in [0.1, 0.15) is 17.2 Å². The molecule has 4 heteroatoms. The molecule has 2 unspecified atom stereocenters. The Balaban J connectivity index is 1.82. The maximum atomic E-state index is 10.6. The molecule has 0 bridgehead atoms. The summed E-state index contributed by atoms with van der Waals surface area (Å²) in [6, 6.07) is 13.3. The molecule has 3 nitrogen and oxygen atoms in total. The minimum Gasteiger partial charge on any atom is -0.495 e. The standard InChI is InChI=1S/C17H17ClO3/c1-20-16-9-12(6-7-14(16)18)17(19)13-8-11-4-2-3-5-15(11)21-10-13/h2-7,9,13,17,19H,8,10H2,1H3. The number of ether oxygens (including phenoxy) is 2. The highest BCUT2D eigenvalue weighted by Crippen LogP contribution is 2.35. The molecule has 2 aromatic rings. The number of halogens is 1. The van der Waals surface area contributed by atoms with Gasteiger partial charge in [0.1, 0.15) is 11.5 Å². The summed E-state index contributed by atoms with van der Waals surface area (Å²) in [4.78, 5) is 0. The molecule has 110 valence electrons. The zero-order valence-corrected chi connectivity index (χ0v) is 12.5. The fraction of sp³-hybridized carbons (Fsp3) is 0.294. The van der Waals surface area contributed by atoms with Crippen molar-refractivity contribution in [3.05, 3.63) is 58.6 Å². The lowest BCUT2D eigenvalue weighted by atomic mass is 9.88. The van der Waals surface area contributed by atoms with E-state index in [1.807, 2.05) is 30.3 Å². The minimum atomic E-state index is -0.607. The van der Waals surface area contributed by atoms with Gasteiger partial charge in [-0.2, -0.15) is 0 Å². The van der Waals surface area contributed by atoms with Gasteiger partial charge in [-0.25, -0.2) is 0 Å². The third-order valence-electron chi connectivity index (χ3n) is 3.87. The summed E-state index contributed by atoms with van der Waals surface area (Å²) >= 11 is 6.02. The smallest absolute Gasteiger partial charge is 0.137 e. The molecule has 0 fully saturated rings. The lowest BCUT2D eigenvalue weighted by Gasteiger charge is -2.29. The Morgan fingerprint density at radius 2 is 2.10 bits per heavy atom. The normalized spacial score (nSPS) is 18.5. The van der Waals surface area contributed by atoms with E-state index < -0.39 is 6.10 Å². The third kappa shape index (κ3) is 2.85. The average molecular weight is 305 g/mol. The maximum absolute atomic E-state index is 10.6. The van der Waals surface area contributed by atoms with E-state index >= 15 is 0 Å². The highest BCUT2D eigenvalue weighted by Gasteiger charge is 2.27. The van der Waals surface area contributed by atoms with Crippen LogP contribution in [0.5, 0.6) is 11.5 Å². The second kappa shape index (κ2) is 5.96. The second-order valence-corrected chi connectivity index (χ2v) is 5.63. The Morgan fingerprint density at radius 1 is 1.29 bits per heavy atom. The first-order valence-corrected chi connectivity index (χ1v) is 7.29. The molecule has 0 saturated carbocycles. The molecule has 0 aromatic heterocycles. The Labute approximate surface area is 129 Å². The summed E-state index contributed by atoms with van der Waals surface area (Å²) < 4.78 is 10.9. The highest BCUT2D eigenvalue weighted by molar-refractivity contribution is 6.32. The molecule has 1 aliphatic heterocycles. The molecule has 1 aliphatic rings. The number of para-hydroxylation sites is 1. The van der Waals surface area contributed by atoms with E-state index in [4.69, 9.17) is 21.1 Å². The van der Waals surface area contributed by atoms with Gasteiger partial charge in [-0.1, -0.05) is 35.9 Å². The lowest BCUT2D eigenvalue weighted by molar-refractivity contribution is 0.0643. The summed E-state index contributed by atoms with van der Waals surface area (Å²) in [6.45, 7) is 0.503. The van der Waals surface area contributed by atoms with Crippen LogP contribution >= 0.6 is 11.6 Å². The quantitative estimate of drug-likeness (QED) is 0.941. The molecule has 2 aromatic carbocycles. The third-order valence-corrected chi connectivity index (χ3v) is 4.18. The van der Waals surface area contributed by atoms with Crippen molar-refractivity contribution in [2.75, 3.05) is 13.7 Å². The van der Waals surface area contributed by atoms with E-state index in [1.54, 1.807) is 19.2 Å². The van der Waals surface area contributed by atoms with Crippen molar-refractivity contribution in [1.29, 1.82) is 0 Å². The molecule has 0 aliphatic carbocycles. The Hall–Kier alpha value is -1.71. The van der Waals surface area contributed by atoms with Crippen molar-refractivity contribution >= 4 is 11.6 Å². The van der Waals surface area contributed by atoms with Crippen LogP contribution in [-0.4, -0.2) is 18.8 Å². The van der Waals surface area contributed by atoms with Crippen molar-refractivity contribution in [2.24, 2.45) is 5.92 Å². The van der Waals surface area contributed by atoms with Gasteiger partial charge in [0.25, 0.3) is 0 Å². The van der Waals surface area contributed by atoms with Crippen LogP contribution < -0.4 is 9.47 Å². The van der Waals surface area contributed by atoms with Gasteiger partial charge >= 0.3 is 0 Å². The first-order chi connectivity index (χ1) is 10.2. The number of benzene rings is 2. The summed E-state index contributed by atoms with van der Waals surface area (Å²) in [5.74, 6) is 1.51. The van der Waals surface area contributed by atoms with Crippen LogP contribution in [0, 0.1) is 5.92 Å².